The lowest BCUT2D eigenvalue weighted by molar-refractivity contribution is -0.141. The summed E-state index contributed by atoms with van der Waals surface area (Å²) in [7, 11) is 0. The maximum absolute atomic E-state index is 9.62. The summed E-state index contributed by atoms with van der Waals surface area (Å²) in [4.78, 5) is 0. The van der Waals surface area contributed by atoms with E-state index < -0.39 is 12.0 Å². The SMILES string of the molecule is CCOC(OCC)c1cc(O)cc(O)c1O. The number of ether oxygens (including phenoxy) is 2. The van der Waals surface area contributed by atoms with E-state index in [0.29, 0.717) is 13.2 Å². The molecule has 16 heavy (non-hydrogen) atoms. The van der Waals surface area contributed by atoms with E-state index in [0.717, 1.165) is 6.07 Å². The molecule has 0 saturated heterocycles. The van der Waals surface area contributed by atoms with Crippen LogP contribution in [-0.2, 0) is 9.47 Å². The molecule has 1 aromatic rings. The van der Waals surface area contributed by atoms with E-state index in [9.17, 15) is 15.3 Å². The monoisotopic (exact) mass is 228 g/mol. The molecule has 0 saturated carbocycles. The molecule has 0 bridgehead atoms. The van der Waals surface area contributed by atoms with Crippen LogP contribution < -0.4 is 0 Å². The summed E-state index contributed by atoms with van der Waals surface area (Å²) in [5, 5.41) is 28.3. The van der Waals surface area contributed by atoms with Crippen LogP contribution in [0.4, 0.5) is 0 Å². The quantitative estimate of drug-likeness (QED) is 0.407. The second-order valence-electron chi connectivity index (χ2n) is 3.15. The summed E-state index contributed by atoms with van der Waals surface area (Å²) in [5.41, 5.74) is 0.209. The average molecular weight is 228 g/mol. The molecule has 0 fully saturated rings. The van der Waals surface area contributed by atoms with E-state index in [1.54, 1.807) is 13.8 Å². The molecule has 5 heteroatoms. The molecule has 0 spiro atoms. The Bertz CT molecular complexity index is 344. The lowest BCUT2D eigenvalue weighted by Crippen LogP contribution is -2.09. The Labute approximate surface area is 93.9 Å². The molecule has 1 aromatic carbocycles. The smallest absolute Gasteiger partial charge is 0.187 e. The van der Waals surface area contributed by atoms with Crippen LogP contribution in [0.3, 0.4) is 0 Å². The van der Waals surface area contributed by atoms with Gasteiger partial charge in [-0.15, -0.1) is 0 Å². The molecular weight excluding hydrogens is 212 g/mol. The highest BCUT2D eigenvalue weighted by molar-refractivity contribution is 5.50. The van der Waals surface area contributed by atoms with Gasteiger partial charge in [-0.2, -0.15) is 0 Å². The van der Waals surface area contributed by atoms with Crippen molar-refractivity contribution in [2.45, 2.75) is 20.1 Å². The van der Waals surface area contributed by atoms with Crippen molar-refractivity contribution in [2.75, 3.05) is 13.2 Å². The van der Waals surface area contributed by atoms with Crippen LogP contribution in [0.15, 0.2) is 12.1 Å². The first-order valence-electron chi connectivity index (χ1n) is 5.08. The second kappa shape index (κ2) is 5.58. The molecule has 90 valence electrons. The van der Waals surface area contributed by atoms with Gasteiger partial charge in [0.25, 0.3) is 0 Å². The van der Waals surface area contributed by atoms with Gasteiger partial charge in [-0.25, -0.2) is 0 Å². The Morgan fingerprint density at radius 1 is 1.06 bits per heavy atom. The number of hydrogen-bond acceptors (Lipinski definition) is 5. The van der Waals surface area contributed by atoms with Gasteiger partial charge >= 0.3 is 0 Å². The molecule has 3 N–H and O–H groups in total. The van der Waals surface area contributed by atoms with Gasteiger partial charge in [0.15, 0.2) is 17.8 Å². The minimum Gasteiger partial charge on any atom is -0.508 e. The van der Waals surface area contributed by atoms with Gasteiger partial charge < -0.3 is 24.8 Å². The predicted molar refractivity (Wildman–Crippen MR) is 57.4 cm³/mol. The molecule has 0 unspecified atom stereocenters. The van der Waals surface area contributed by atoms with Gasteiger partial charge in [0.1, 0.15) is 5.75 Å². The van der Waals surface area contributed by atoms with E-state index >= 15 is 0 Å². The highest BCUT2D eigenvalue weighted by Gasteiger charge is 2.19. The zero-order valence-corrected chi connectivity index (χ0v) is 9.30. The Kier molecular flexibility index (Phi) is 4.39. The topological polar surface area (TPSA) is 79.2 Å². The van der Waals surface area contributed by atoms with Crippen LogP contribution in [-0.4, -0.2) is 28.5 Å². The Morgan fingerprint density at radius 2 is 1.62 bits per heavy atom. The average Bonchev–Trinajstić information content (AvgIpc) is 2.23. The van der Waals surface area contributed by atoms with Crippen molar-refractivity contribution in [1.29, 1.82) is 0 Å². The molecule has 0 heterocycles. The first-order valence-corrected chi connectivity index (χ1v) is 5.08. The lowest BCUT2D eigenvalue weighted by atomic mass is 10.1. The molecule has 0 atom stereocenters. The molecule has 0 radical (unpaired) electrons. The summed E-state index contributed by atoms with van der Waals surface area (Å²) in [6.07, 6.45) is -0.798. The van der Waals surface area contributed by atoms with E-state index in [2.05, 4.69) is 0 Å². The van der Waals surface area contributed by atoms with Crippen LogP contribution in [0, 0.1) is 0 Å². The summed E-state index contributed by atoms with van der Waals surface area (Å²) < 4.78 is 10.5. The third kappa shape index (κ3) is 2.77. The van der Waals surface area contributed by atoms with Crippen LogP contribution in [0.1, 0.15) is 25.7 Å². The number of phenols is 3. The van der Waals surface area contributed by atoms with Crippen molar-refractivity contribution < 1.29 is 24.8 Å². The van der Waals surface area contributed by atoms with Gasteiger partial charge in [0, 0.05) is 19.3 Å². The van der Waals surface area contributed by atoms with Crippen molar-refractivity contribution in [3.05, 3.63) is 17.7 Å². The fourth-order valence-electron chi connectivity index (χ4n) is 1.34. The Balaban J connectivity index is 3.07. The van der Waals surface area contributed by atoms with Gasteiger partial charge in [-0.1, -0.05) is 0 Å². The number of benzene rings is 1. The number of hydrogen-bond donors (Lipinski definition) is 3. The maximum atomic E-state index is 9.62. The molecule has 5 nitrogen and oxygen atoms in total. The standard InChI is InChI=1S/C11H16O5/c1-3-15-11(16-4-2)8-5-7(12)6-9(13)10(8)14/h5-6,11-14H,3-4H2,1-2H3. The van der Waals surface area contributed by atoms with Crippen molar-refractivity contribution in [3.8, 4) is 17.2 Å². The van der Waals surface area contributed by atoms with Crippen molar-refractivity contribution in [3.63, 3.8) is 0 Å². The third-order valence-corrected chi connectivity index (χ3v) is 1.99. The fraction of sp³-hybridized carbons (Fsp3) is 0.455. The first-order chi connectivity index (χ1) is 7.60. The zero-order chi connectivity index (χ0) is 12.1. The van der Waals surface area contributed by atoms with E-state index in [1.165, 1.54) is 6.07 Å². The summed E-state index contributed by atoms with van der Waals surface area (Å²) >= 11 is 0. The maximum Gasteiger partial charge on any atom is 0.187 e. The molecule has 0 aliphatic carbocycles. The largest absolute Gasteiger partial charge is 0.508 e. The highest BCUT2D eigenvalue weighted by atomic mass is 16.7. The highest BCUT2D eigenvalue weighted by Crippen LogP contribution is 2.38. The second-order valence-corrected chi connectivity index (χ2v) is 3.15. The normalized spacial score (nSPS) is 10.9. The van der Waals surface area contributed by atoms with Crippen LogP contribution in [0.2, 0.25) is 0 Å². The first kappa shape index (κ1) is 12.6. The lowest BCUT2D eigenvalue weighted by Gasteiger charge is -2.18. The van der Waals surface area contributed by atoms with Gasteiger partial charge in [0.2, 0.25) is 0 Å². The third-order valence-electron chi connectivity index (χ3n) is 1.99. The van der Waals surface area contributed by atoms with Gasteiger partial charge in [-0.3, -0.25) is 0 Å². The molecule has 0 amide bonds. The Hall–Kier alpha value is -1.46. The number of rotatable bonds is 5. The minimum atomic E-state index is -0.798. The van der Waals surface area contributed by atoms with Crippen molar-refractivity contribution in [2.24, 2.45) is 0 Å². The number of phenolic OH excluding ortho intramolecular Hbond substituents is 3. The van der Waals surface area contributed by atoms with Crippen LogP contribution in [0.25, 0.3) is 0 Å². The molecule has 1 rings (SSSR count). The van der Waals surface area contributed by atoms with Crippen LogP contribution >= 0.6 is 0 Å². The van der Waals surface area contributed by atoms with Crippen molar-refractivity contribution in [1.82, 2.24) is 0 Å². The minimum absolute atomic E-state index is 0.158. The number of aromatic hydroxyl groups is 3. The summed E-state index contributed by atoms with van der Waals surface area (Å²) in [6, 6.07) is 2.35. The molecule has 0 aromatic heterocycles. The van der Waals surface area contributed by atoms with E-state index in [1.807, 2.05) is 0 Å². The molecular formula is C11H16O5. The summed E-state index contributed by atoms with van der Waals surface area (Å²) in [6.45, 7) is 4.35. The Morgan fingerprint density at radius 3 is 2.12 bits per heavy atom. The van der Waals surface area contributed by atoms with Gasteiger partial charge in [-0.05, 0) is 19.9 Å². The zero-order valence-electron chi connectivity index (χ0n) is 9.30. The van der Waals surface area contributed by atoms with Crippen LogP contribution in [0.5, 0.6) is 17.2 Å². The molecule has 0 aliphatic heterocycles. The van der Waals surface area contributed by atoms with Gasteiger partial charge in [0.05, 0.1) is 5.56 Å². The predicted octanol–water partition coefficient (Wildman–Crippen LogP) is 1.88. The van der Waals surface area contributed by atoms with Crippen molar-refractivity contribution >= 4 is 0 Å². The van der Waals surface area contributed by atoms with E-state index in [4.69, 9.17) is 9.47 Å². The fourth-order valence-corrected chi connectivity index (χ4v) is 1.34. The summed E-state index contributed by atoms with van der Waals surface area (Å²) in [5.74, 6) is -0.904. The van der Waals surface area contributed by atoms with E-state index in [-0.39, 0.29) is 17.1 Å². The molecule has 0 aliphatic rings.